The van der Waals surface area contributed by atoms with Crippen LogP contribution >= 0.6 is 0 Å². The average molecular weight is 419 g/mol. The molecule has 0 saturated heterocycles. The number of hydrogen-bond acceptors (Lipinski definition) is 6. The number of hydrogen-bond donors (Lipinski definition) is 1. The van der Waals surface area contributed by atoms with Gasteiger partial charge in [0.2, 0.25) is 0 Å². The molecule has 150 valence electrons. The van der Waals surface area contributed by atoms with Crippen LogP contribution in [0.25, 0.3) is 44.6 Å². The normalized spacial score (nSPS) is 12.1. The molecule has 0 atom stereocenters. The predicted molar refractivity (Wildman–Crippen MR) is 114 cm³/mol. The zero-order valence-electron chi connectivity index (χ0n) is 16.2. The minimum absolute atomic E-state index is 0.362. The number of aromatic nitrogens is 6. The molecule has 0 unspecified atom stereocenters. The molecule has 10 heteroatoms. The van der Waals surface area contributed by atoms with Gasteiger partial charge in [0, 0.05) is 23.6 Å². The van der Waals surface area contributed by atoms with E-state index in [1.54, 1.807) is 23.0 Å². The van der Waals surface area contributed by atoms with Crippen LogP contribution < -0.4 is 5.14 Å². The summed E-state index contributed by atoms with van der Waals surface area (Å²) in [6, 6.07) is 13.2. The SMILES string of the molecule is Cc1cccc(-c2nc(-c3cccc4c3cnn4S(N)(=O)=O)nc3c2cnn3C)c1. The van der Waals surface area contributed by atoms with Crippen molar-refractivity contribution in [3.8, 4) is 22.6 Å². The lowest BCUT2D eigenvalue weighted by atomic mass is 10.1. The third-order valence-corrected chi connectivity index (χ3v) is 5.72. The van der Waals surface area contributed by atoms with E-state index in [0.717, 1.165) is 26.3 Å². The van der Waals surface area contributed by atoms with Crippen LogP contribution in [0, 0.1) is 6.92 Å². The van der Waals surface area contributed by atoms with Crippen molar-refractivity contribution in [3.63, 3.8) is 0 Å². The molecule has 5 rings (SSSR count). The summed E-state index contributed by atoms with van der Waals surface area (Å²) in [5, 5.41) is 15.0. The standard InChI is InChI=1S/C20H17N7O2S/c1-12-5-3-6-13(9-12)18-16-11-22-26(2)20(16)25-19(24-18)14-7-4-8-17-15(14)10-23-27(17)30(21,28)29/h3-11H,1-2H3,(H2,21,28,29). The molecule has 2 N–H and O–H groups in total. The predicted octanol–water partition coefficient (Wildman–Crippen LogP) is 2.41. The van der Waals surface area contributed by atoms with Gasteiger partial charge in [-0.3, -0.25) is 4.68 Å². The maximum absolute atomic E-state index is 11.8. The summed E-state index contributed by atoms with van der Waals surface area (Å²) in [6.07, 6.45) is 3.20. The van der Waals surface area contributed by atoms with E-state index in [9.17, 15) is 8.42 Å². The second kappa shape index (κ2) is 6.44. The number of fused-ring (bicyclic) bond motifs is 2. The molecule has 0 bridgehead atoms. The summed E-state index contributed by atoms with van der Waals surface area (Å²) in [7, 11) is -2.20. The first kappa shape index (κ1) is 18.4. The lowest BCUT2D eigenvalue weighted by Gasteiger charge is -2.09. The number of benzene rings is 2. The number of aryl methyl sites for hydroxylation is 2. The molecule has 0 fully saturated rings. The minimum Gasteiger partial charge on any atom is -0.250 e. The zero-order chi connectivity index (χ0) is 21.0. The largest absolute Gasteiger partial charge is 0.318 e. The van der Waals surface area contributed by atoms with Crippen molar-refractivity contribution in [1.82, 2.24) is 28.9 Å². The first-order valence-electron chi connectivity index (χ1n) is 9.10. The van der Waals surface area contributed by atoms with Crippen LogP contribution in [0.1, 0.15) is 5.56 Å². The lowest BCUT2D eigenvalue weighted by Crippen LogP contribution is -2.22. The molecule has 3 heterocycles. The summed E-state index contributed by atoms with van der Waals surface area (Å²) >= 11 is 0. The topological polar surface area (TPSA) is 122 Å². The van der Waals surface area contributed by atoms with Gasteiger partial charge in [-0.2, -0.15) is 18.6 Å². The second-order valence-electron chi connectivity index (χ2n) is 7.04. The van der Waals surface area contributed by atoms with Crippen LogP contribution in [0.4, 0.5) is 0 Å². The Bertz CT molecular complexity index is 1550. The molecular weight excluding hydrogens is 402 g/mol. The van der Waals surface area contributed by atoms with Crippen LogP contribution in [-0.2, 0) is 17.3 Å². The molecule has 0 amide bonds. The van der Waals surface area contributed by atoms with E-state index in [1.165, 1.54) is 6.20 Å². The van der Waals surface area contributed by atoms with Gasteiger partial charge in [0.1, 0.15) is 0 Å². The molecule has 0 saturated carbocycles. The van der Waals surface area contributed by atoms with Gasteiger partial charge in [0.25, 0.3) is 0 Å². The first-order valence-corrected chi connectivity index (χ1v) is 10.6. The second-order valence-corrected chi connectivity index (χ2v) is 8.42. The van der Waals surface area contributed by atoms with Gasteiger partial charge in [0.15, 0.2) is 11.5 Å². The molecule has 0 spiro atoms. The number of rotatable bonds is 3. The Hall–Kier alpha value is -3.63. The van der Waals surface area contributed by atoms with Gasteiger partial charge < -0.3 is 0 Å². The molecule has 0 aliphatic heterocycles. The van der Waals surface area contributed by atoms with E-state index < -0.39 is 10.2 Å². The van der Waals surface area contributed by atoms with Crippen LogP contribution in [0.3, 0.4) is 0 Å². The maximum Gasteiger partial charge on any atom is 0.318 e. The molecule has 0 aliphatic carbocycles. The van der Waals surface area contributed by atoms with Crippen molar-refractivity contribution >= 4 is 32.1 Å². The summed E-state index contributed by atoms with van der Waals surface area (Å²) in [6.45, 7) is 2.02. The van der Waals surface area contributed by atoms with Gasteiger partial charge in [-0.15, -0.1) is 4.09 Å². The zero-order valence-corrected chi connectivity index (χ0v) is 17.0. The van der Waals surface area contributed by atoms with Crippen LogP contribution in [0.15, 0.2) is 54.9 Å². The third-order valence-electron chi connectivity index (χ3n) is 4.95. The monoisotopic (exact) mass is 419 g/mol. The minimum atomic E-state index is -4.02. The van der Waals surface area contributed by atoms with E-state index in [0.29, 0.717) is 27.9 Å². The summed E-state index contributed by atoms with van der Waals surface area (Å²) in [4.78, 5) is 9.54. The van der Waals surface area contributed by atoms with Gasteiger partial charge in [0.05, 0.1) is 29.0 Å². The summed E-state index contributed by atoms with van der Waals surface area (Å²) in [5.74, 6) is 0.446. The highest BCUT2D eigenvalue weighted by molar-refractivity contribution is 7.87. The van der Waals surface area contributed by atoms with Gasteiger partial charge in [-0.25, -0.2) is 15.1 Å². The summed E-state index contributed by atoms with van der Waals surface area (Å²) < 4.78 is 26.2. The smallest absolute Gasteiger partial charge is 0.250 e. The molecular formula is C20H17N7O2S. The fourth-order valence-corrected chi connectivity index (χ4v) is 4.19. The third kappa shape index (κ3) is 2.85. The lowest BCUT2D eigenvalue weighted by molar-refractivity contribution is 0.584. The quantitative estimate of drug-likeness (QED) is 0.479. The van der Waals surface area contributed by atoms with Gasteiger partial charge in [-0.05, 0) is 19.1 Å². The number of nitrogens with zero attached hydrogens (tertiary/aromatic N) is 6. The van der Waals surface area contributed by atoms with Crippen LogP contribution in [0.2, 0.25) is 0 Å². The molecule has 5 aromatic rings. The fraction of sp³-hybridized carbons (Fsp3) is 0.100. The molecule has 3 aromatic heterocycles. The van der Waals surface area contributed by atoms with Crippen molar-refractivity contribution in [3.05, 3.63) is 60.4 Å². The molecule has 0 radical (unpaired) electrons. The Labute approximate surface area is 172 Å². The van der Waals surface area contributed by atoms with Crippen LogP contribution in [-0.4, -0.2) is 37.4 Å². The van der Waals surface area contributed by atoms with E-state index >= 15 is 0 Å². The Morgan fingerprint density at radius 2 is 1.73 bits per heavy atom. The highest BCUT2D eigenvalue weighted by Gasteiger charge is 2.19. The molecule has 2 aromatic carbocycles. The van der Waals surface area contributed by atoms with E-state index in [2.05, 4.69) is 16.3 Å². The van der Waals surface area contributed by atoms with Crippen LogP contribution in [0.5, 0.6) is 0 Å². The molecule has 0 aliphatic rings. The van der Waals surface area contributed by atoms with E-state index in [1.807, 2.05) is 38.2 Å². The van der Waals surface area contributed by atoms with Crippen molar-refractivity contribution in [2.75, 3.05) is 0 Å². The highest BCUT2D eigenvalue weighted by atomic mass is 32.2. The Morgan fingerprint density at radius 3 is 2.50 bits per heavy atom. The van der Waals surface area contributed by atoms with Gasteiger partial charge >= 0.3 is 10.2 Å². The fourth-order valence-electron chi connectivity index (χ4n) is 3.58. The van der Waals surface area contributed by atoms with E-state index in [4.69, 9.17) is 15.1 Å². The van der Waals surface area contributed by atoms with Crippen molar-refractivity contribution in [1.29, 1.82) is 0 Å². The van der Waals surface area contributed by atoms with Crippen molar-refractivity contribution < 1.29 is 8.42 Å². The Balaban J connectivity index is 1.83. The average Bonchev–Trinajstić information content (AvgIpc) is 3.31. The van der Waals surface area contributed by atoms with E-state index in [-0.39, 0.29) is 0 Å². The molecule has 30 heavy (non-hydrogen) atoms. The van der Waals surface area contributed by atoms with Gasteiger partial charge in [-0.1, -0.05) is 35.9 Å². The highest BCUT2D eigenvalue weighted by Crippen LogP contribution is 2.32. The number of nitrogens with two attached hydrogens (primary N) is 1. The summed E-state index contributed by atoms with van der Waals surface area (Å²) in [5.41, 5.74) is 4.50. The van der Waals surface area contributed by atoms with Crippen molar-refractivity contribution in [2.24, 2.45) is 12.2 Å². The molecule has 9 nitrogen and oxygen atoms in total. The first-order chi connectivity index (χ1) is 14.3. The Morgan fingerprint density at radius 1 is 0.967 bits per heavy atom. The van der Waals surface area contributed by atoms with Crippen molar-refractivity contribution in [2.45, 2.75) is 6.92 Å². The Kier molecular flexibility index (Phi) is 3.95. The maximum atomic E-state index is 11.8.